The van der Waals surface area contributed by atoms with Gasteiger partial charge in [0.25, 0.3) is 5.91 Å². The van der Waals surface area contributed by atoms with Crippen LogP contribution < -0.4 is 10.1 Å². The van der Waals surface area contributed by atoms with Gasteiger partial charge in [-0.25, -0.2) is 0 Å². The molecule has 1 aromatic carbocycles. The SMILES string of the molecule is CCC(C)(C)NC(=O)COc1cccc(C(C)=O)c1. The zero-order valence-electron chi connectivity index (χ0n) is 11.9. The van der Waals surface area contributed by atoms with Crippen LogP contribution in [0.4, 0.5) is 0 Å². The lowest BCUT2D eigenvalue weighted by molar-refractivity contribution is -0.124. The molecular weight excluding hydrogens is 242 g/mol. The minimum atomic E-state index is -0.234. The van der Waals surface area contributed by atoms with Crippen LogP contribution in [0.3, 0.4) is 0 Å². The zero-order valence-corrected chi connectivity index (χ0v) is 11.9. The van der Waals surface area contributed by atoms with Gasteiger partial charge in [-0.1, -0.05) is 19.1 Å². The van der Waals surface area contributed by atoms with Gasteiger partial charge in [-0.2, -0.15) is 0 Å². The largest absolute Gasteiger partial charge is 0.484 e. The number of amides is 1. The molecule has 0 aromatic heterocycles. The maximum Gasteiger partial charge on any atom is 0.258 e. The summed E-state index contributed by atoms with van der Waals surface area (Å²) in [7, 11) is 0. The fourth-order valence-electron chi connectivity index (χ4n) is 1.46. The number of rotatable bonds is 6. The predicted octanol–water partition coefficient (Wildman–Crippen LogP) is 2.57. The lowest BCUT2D eigenvalue weighted by Gasteiger charge is -2.24. The quantitative estimate of drug-likeness (QED) is 0.802. The Labute approximate surface area is 114 Å². The highest BCUT2D eigenvalue weighted by Crippen LogP contribution is 2.14. The third-order valence-electron chi connectivity index (χ3n) is 2.97. The van der Waals surface area contributed by atoms with Crippen LogP contribution in [0.25, 0.3) is 0 Å². The summed E-state index contributed by atoms with van der Waals surface area (Å²) in [5, 5.41) is 2.88. The Bertz CT molecular complexity index is 466. The van der Waals surface area contributed by atoms with E-state index in [1.54, 1.807) is 24.3 Å². The topological polar surface area (TPSA) is 55.4 Å². The second-order valence-corrected chi connectivity index (χ2v) is 5.16. The van der Waals surface area contributed by atoms with Crippen molar-refractivity contribution in [1.29, 1.82) is 0 Å². The minimum absolute atomic E-state index is 0.0259. The first-order valence-electron chi connectivity index (χ1n) is 6.39. The Morgan fingerprint density at radius 3 is 2.58 bits per heavy atom. The van der Waals surface area contributed by atoms with E-state index >= 15 is 0 Å². The molecule has 19 heavy (non-hydrogen) atoms. The molecule has 1 rings (SSSR count). The molecule has 0 heterocycles. The Morgan fingerprint density at radius 2 is 2.00 bits per heavy atom. The number of hydrogen-bond donors (Lipinski definition) is 1. The van der Waals surface area contributed by atoms with Crippen molar-refractivity contribution in [2.45, 2.75) is 39.7 Å². The van der Waals surface area contributed by atoms with Gasteiger partial charge in [0, 0.05) is 11.1 Å². The molecule has 0 fully saturated rings. The van der Waals surface area contributed by atoms with Gasteiger partial charge in [0.2, 0.25) is 0 Å². The second kappa shape index (κ2) is 6.36. The molecule has 0 atom stereocenters. The van der Waals surface area contributed by atoms with Crippen LogP contribution in [0.15, 0.2) is 24.3 Å². The average molecular weight is 263 g/mol. The Kier molecular flexibility index (Phi) is 5.10. The van der Waals surface area contributed by atoms with Crippen molar-refractivity contribution >= 4 is 11.7 Å². The van der Waals surface area contributed by atoms with E-state index in [0.29, 0.717) is 11.3 Å². The van der Waals surface area contributed by atoms with Gasteiger partial charge in [-0.3, -0.25) is 9.59 Å². The molecule has 0 aliphatic heterocycles. The molecule has 0 spiro atoms. The lowest BCUT2D eigenvalue weighted by Crippen LogP contribution is -2.44. The Morgan fingerprint density at radius 1 is 1.32 bits per heavy atom. The van der Waals surface area contributed by atoms with Gasteiger partial charge in [0.15, 0.2) is 12.4 Å². The van der Waals surface area contributed by atoms with Gasteiger partial charge >= 0.3 is 0 Å². The number of hydrogen-bond acceptors (Lipinski definition) is 3. The van der Waals surface area contributed by atoms with E-state index in [-0.39, 0.29) is 23.8 Å². The van der Waals surface area contributed by atoms with E-state index in [1.165, 1.54) is 6.92 Å². The van der Waals surface area contributed by atoms with E-state index in [4.69, 9.17) is 4.74 Å². The number of ether oxygens (including phenoxy) is 1. The maximum absolute atomic E-state index is 11.7. The molecule has 0 unspecified atom stereocenters. The van der Waals surface area contributed by atoms with Crippen molar-refractivity contribution < 1.29 is 14.3 Å². The highest BCUT2D eigenvalue weighted by molar-refractivity contribution is 5.94. The van der Waals surface area contributed by atoms with E-state index in [9.17, 15) is 9.59 Å². The summed E-state index contributed by atoms with van der Waals surface area (Å²) in [4.78, 5) is 22.9. The van der Waals surface area contributed by atoms with E-state index in [2.05, 4.69) is 5.32 Å². The van der Waals surface area contributed by atoms with Crippen LogP contribution in [0, 0.1) is 0 Å². The maximum atomic E-state index is 11.7. The number of benzene rings is 1. The Hall–Kier alpha value is -1.84. The van der Waals surface area contributed by atoms with Crippen LogP contribution in [0.1, 0.15) is 44.5 Å². The predicted molar refractivity (Wildman–Crippen MR) is 74.5 cm³/mol. The van der Waals surface area contributed by atoms with Crippen LogP contribution in [0.2, 0.25) is 0 Å². The minimum Gasteiger partial charge on any atom is -0.484 e. The Balaban J connectivity index is 2.55. The van der Waals surface area contributed by atoms with Crippen LogP contribution in [0.5, 0.6) is 5.75 Å². The summed E-state index contributed by atoms with van der Waals surface area (Å²) in [5.41, 5.74) is 0.341. The highest BCUT2D eigenvalue weighted by atomic mass is 16.5. The molecule has 0 aliphatic rings. The van der Waals surface area contributed by atoms with Crippen molar-refractivity contribution in [1.82, 2.24) is 5.32 Å². The molecule has 104 valence electrons. The number of Topliss-reactive ketones (excluding diaryl/α,β-unsaturated/α-hetero) is 1. The molecule has 0 radical (unpaired) electrons. The van der Waals surface area contributed by atoms with Gasteiger partial charge in [0.05, 0.1) is 0 Å². The average Bonchev–Trinajstić information content (AvgIpc) is 2.36. The molecule has 0 saturated carbocycles. The number of carbonyl (C=O) groups excluding carboxylic acids is 2. The molecule has 0 bridgehead atoms. The molecule has 1 aromatic rings. The summed E-state index contributed by atoms with van der Waals surface area (Å²) in [5.74, 6) is 0.333. The van der Waals surface area contributed by atoms with E-state index in [1.807, 2.05) is 20.8 Å². The van der Waals surface area contributed by atoms with Gasteiger partial charge in [-0.15, -0.1) is 0 Å². The lowest BCUT2D eigenvalue weighted by atomic mass is 10.0. The normalized spacial score (nSPS) is 10.9. The summed E-state index contributed by atoms with van der Waals surface area (Å²) in [6.07, 6.45) is 0.846. The van der Waals surface area contributed by atoms with Crippen LogP contribution in [-0.4, -0.2) is 23.8 Å². The number of nitrogens with one attached hydrogen (secondary N) is 1. The number of carbonyl (C=O) groups is 2. The van der Waals surface area contributed by atoms with Crippen LogP contribution in [-0.2, 0) is 4.79 Å². The summed E-state index contributed by atoms with van der Waals surface area (Å²) < 4.78 is 5.38. The molecule has 0 saturated heterocycles. The molecule has 4 nitrogen and oxygen atoms in total. The van der Waals surface area contributed by atoms with Crippen molar-refractivity contribution in [2.24, 2.45) is 0 Å². The number of ketones is 1. The van der Waals surface area contributed by atoms with Crippen LogP contribution >= 0.6 is 0 Å². The standard InChI is InChI=1S/C15H21NO3/c1-5-15(3,4)16-14(18)10-19-13-8-6-7-12(9-13)11(2)17/h6-9H,5,10H2,1-4H3,(H,16,18). The monoisotopic (exact) mass is 263 g/mol. The molecule has 1 amide bonds. The van der Waals surface area contributed by atoms with Crippen molar-refractivity contribution in [3.63, 3.8) is 0 Å². The third-order valence-corrected chi connectivity index (χ3v) is 2.97. The highest BCUT2D eigenvalue weighted by Gasteiger charge is 2.17. The van der Waals surface area contributed by atoms with Gasteiger partial charge in [0.1, 0.15) is 5.75 Å². The first-order chi connectivity index (χ1) is 8.84. The van der Waals surface area contributed by atoms with Gasteiger partial charge < -0.3 is 10.1 Å². The smallest absolute Gasteiger partial charge is 0.258 e. The molecular formula is C15H21NO3. The molecule has 0 aliphatic carbocycles. The fourth-order valence-corrected chi connectivity index (χ4v) is 1.46. The van der Waals surface area contributed by atoms with Gasteiger partial charge in [-0.05, 0) is 39.3 Å². The van der Waals surface area contributed by atoms with Crippen molar-refractivity contribution in [3.05, 3.63) is 29.8 Å². The molecule has 1 N–H and O–H groups in total. The first-order valence-corrected chi connectivity index (χ1v) is 6.39. The van der Waals surface area contributed by atoms with Crippen molar-refractivity contribution in [3.8, 4) is 5.75 Å². The van der Waals surface area contributed by atoms with Crippen molar-refractivity contribution in [2.75, 3.05) is 6.61 Å². The summed E-state index contributed by atoms with van der Waals surface area (Å²) in [6.45, 7) is 7.38. The fraction of sp³-hybridized carbons (Fsp3) is 0.467. The summed E-state index contributed by atoms with van der Waals surface area (Å²) in [6, 6.07) is 6.82. The zero-order chi connectivity index (χ0) is 14.5. The summed E-state index contributed by atoms with van der Waals surface area (Å²) >= 11 is 0. The first kappa shape index (κ1) is 15.2. The third kappa shape index (κ3) is 5.12. The second-order valence-electron chi connectivity index (χ2n) is 5.16. The van der Waals surface area contributed by atoms with E-state index < -0.39 is 0 Å². The van der Waals surface area contributed by atoms with E-state index in [0.717, 1.165) is 6.42 Å². The molecule has 4 heteroatoms.